The molecular weight excluding hydrogens is 347 g/mol. The van der Waals surface area contributed by atoms with Gasteiger partial charge in [0.05, 0.1) is 5.69 Å². The van der Waals surface area contributed by atoms with Crippen LogP contribution in [0.3, 0.4) is 0 Å². The summed E-state index contributed by atoms with van der Waals surface area (Å²) < 4.78 is 0. The summed E-state index contributed by atoms with van der Waals surface area (Å²) in [6.45, 7) is 0.138. The zero-order valence-electron chi connectivity index (χ0n) is 12.5. The number of anilines is 1. The molecule has 0 aliphatic carbocycles. The molecule has 0 aliphatic heterocycles. The maximum absolute atomic E-state index is 10.2. The van der Waals surface area contributed by atoms with Crippen LogP contribution in [0, 0.1) is 0 Å². The molecule has 0 amide bonds. The van der Waals surface area contributed by atoms with Crippen molar-refractivity contribution in [3.8, 4) is 28.4 Å². The van der Waals surface area contributed by atoms with Crippen LogP contribution < -0.4 is 11.5 Å². The summed E-state index contributed by atoms with van der Waals surface area (Å²) in [6.07, 6.45) is 0. The van der Waals surface area contributed by atoms with E-state index in [1.54, 1.807) is 30.3 Å². The van der Waals surface area contributed by atoms with E-state index in [1.807, 2.05) is 6.07 Å². The average molecular weight is 361 g/mol. The molecule has 0 atom stereocenters. The summed E-state index contributed by atoms with van der Waals surface area (Å²) in [5.41, 5.74) is 14.1. The van der Waals surface area contributed by atoms with Crippen LogP contribution >= 0.6 is 23.2 Å². The third-order valence-electron chi connectivity index (χ3n) is 3.54. The zero-order chi connectivity index (χ0) is 17.3. The minimum absolute atomic E-state index is 0.00709. The Labute approximate surface area is 148 Å². The van der Waals surface area contributed by atoms with E-state index in [0.29, 0.717) is 38.3 Å². The molecule has 0 saturated carbocycles. The van der Waals surface area contributed by atoms with Crippen molar-refractivity contribution in [2.75, 3.05) is 5.73 Å². The van der Waals surface area contributed by atoms with Crippen LogP contribution in [-0.2, 0) is 6.54 Å². The lowest BCUT2D eigenvalue weighted by atomic mass is 10.0. The number of hydrogen-bond donors (Lipinski definition) is 3. The first kappa shape index (κ1) is 16.5. The highest BCUT2D eigenvalue weighted by Crippen LogP contribution is 2.35. The Morgan fingerprint density at radius 2 is 1.75 bits per heavy atom. The van der Waals surface area contributed by atoms with E-state index in [4.69, 9.17) is 34.7 Å². The maximum Gasteiger partial charge on any atom is 0.162 e. The number of phenolic OH excluding ortho intramolecular Hbond substituents is 1. The predicted molar refractivity (Wildman–Crippen MR) is 96.9 cm³/mol. The van der Waals surface area contributed by atoms with Crippen LogP contribution in [0.4, 0.5) is 5.82 Å². The molecule has 2 aromatic carbocycles. The van der Waals surface area contributed by atoms with Gasteiger partial charge in [-0.1, -0.05) is 35.3 Å². The second-order valence-corrected chi connectivity index (χ2v) is 6.01. The summed E-state index contributed by atoms with van der Waals surface area (Å²) >= 11 is 11.9. The number of aromatic nitrogens is 2. The van der Waals surface area contributed by atoms with E-state index in [9.17, 15) is 5.11 Å². The Hall–Kier alpha value is -2.34. The molecule has 1 heterocycles. The number of hydrogen-bond acceptors (Lipinski definition) is 5. The van der Waals surface area contributed by atoms with Crippen molar-refractivity contribution in [2.24, 2.45) is 5.73 Å². The summed E-state index contributed by atoms with van der Waals surface area (Å²) in [5, 5.41) is 11.2. The quantitative estimate of drug-likeness (QED) is 0.658. The molecule has 0 radical (unpaired) electrons. The molecule has 0 spiro atoms. The molecule has 122 valence electrons. The zero-order valence-corrected chi connectivity index (χ0v) is 14.0. The van der Waals surface area contributed by atoms with Gasteiger partial charge >= 0.3 is 0 Å². The summed E-state index contributed by atoms with van der Waals surface area (Å²) in [7, 11) is 0. The molecule has 0 bridgehead atoms. The monoisotopic (exact) mass is 360 g/mol. The lowest BCUT2D eigenvalue weighted by molar-refractivity contribution is 0.477. The van der Waals surface area contributed by atoms with Gasteiger partial charge in [-0.3, -0.25) is 0 Å². The van der Waals surface area contributed by atoms with Crippen molar-refractivity contribution in [2.45, 2.75) is 6.54 Å². The second kappa shape index (κ2) is 6.65. The Kier molecular flexibility index (Phi) is 4.57. The molecule has 24 heavy (non-hydrogen) atoms. The standard InChI is InChI=1S/C17H14Cl2N4O/c18-10-3-1-2-9(6-10)17-22-15(13(8-20)16(21)23-17)12-5-4-11(19)7-14(12)24/h1-7,24H,8,20H2,(H2,21,22,23). The van der Waals surface area contributed by atoms with E-state index in [0.717, 1.165) is 0 Å². The number of nitrogens with zero attached hydrogens (tertiary/aromatic N) is 2. The topological polar surface area (TPSA) is 98.1 Å². The Bertz CT molecular complexity index is 915. The lowest BCUT2D eigenvalue weighted by Crippen LogP contribution is -2.09. The Morgan fingerprint density at radius 3 is 2.42 bits per heavy atom. The van der Waals surface area contributed by atoms with Crippen LogP contribution in [0.5, 0.6) is 5.75 Å². The van der Waals surface area contributed by atoms with E-state index < -0.39 is 0 Å². The van der Waals surface area contributed by atoms with E-state index in [1.165, 1.54) is 6.07 Å². The molecule has 3 aromatic rings. The van der Waals surface area contributed by atoms with Crippen molar-refractivity contribution in [1.29, 1.82) is 0 Å². The molecule has 5 N–H and O–H groups in total. The fourth-order valence-corrected chi connectivity index (χ4v) is 2.74. The first-order valence-electron chi connectivity index (χ1n) is 7.11. The second-order valence-electron chi connectivity index (χ2n) is 5.14. The van der Waals surface area contributed by atoms with E-state index in [-0.39, 0.29) is 18.1 Å². The number of nitrogens with two attached hydrogens (primary N) is 2. The third kappa shape index (κ3) is 3.14. The highest BCUT2D eigenvalue weighted by Gasteiger charge is 2.17. The molecule has 1 aromatic heterocycles. The summed E-state index contributed by atoms with van der Waals surface area (Å²) in [5.74, 6) is 0.649. The number of aromatic hydroxyl groups is 1. The largest absolute Gasteiger partial charge is 0.507 e. The minimum atomic E-state index is -0.00709. The van der Waals surface area contributed by atoms with Gasteiger partial charge in [0.2, 0.25) is 0 Å². The Morgan fingerprint density at radius 1 is 1.00 bits per heavy atom. The number of nitrogen functional groups attached to an aromatic ring is 1. The first-order chi connectivity index (χ1) is 11.5. The van der Waals surface area contributed by atoms with Crippen molar-refractivity contribution in [3.63, 3.8) is 0 Å². The third-order valence-corrected chi connectivity index (χ3v) is 4.01. The van der Waals surface area contributed by atoms with Gasteiger partial charge in [0.15, 0.2) is 5.82 Å². The van der Waals surface area contributed by atoms with Crippen LogP contribution in [0.2, 0.25) is 10.0 Å². The van der Waals surface area contributed by atoms with Crippen molar-refractivity contribution in [3.05, 3.63) is 58.1 Å². The number of rotatable bonds is 3. The fourth-order valence-electron chi connectivity index (χ4n) is 2.39. The van der Waals surface area contributed by atoms with Gasteiger partial charge in [-0.25, -0.2) is 9.97 Å². The molecule has 0 fully saturated rings. The van der Waals surface area contributed by atoms with Crippen LogP contribution in [0.25, 0.3) is 22.6 Å². The van der Waals surface area contributed by atoms with Gasteiger partial charge < -0.3 is 16.6 Å². The molecule has 5 nitrogen and oxygen atoms in total. The molecule has 3 rings (SSSR count). The fraction of sp³-hybridized carbons (Fsp3) is 0.0588. The smallest absolute Gasteiger partial charge is 0.162 e. The summed E-state index contributed by atoms with van der Waals surface area (Å²) in [4.78, 5) is 8.85. The van der Waals surface area contributed by atoms with Crippen molar-refractivity contribution in [1.82, 2.24) is 9.97 Å². The van der Waals surface area contributed by atoms with Gasteiger partial charge in [-0.2, -0.15) is 0 Å². The number of phenols is 1. The van der Waals surface area contributed by atoms with E-state index >= 15 is 0 Å². The van der Waals surface area contributed by atoms with Crippen LogP contribution in [-0.4, -0.2) is 15.1 Å². The van der Waals surface area contributed by atoms with Crippen molar-refractivity contribution >= 4 is 29.0 Å². The van der Waals surface area contributed by atoms with Gasteiger partial charge in [0, 0.05) is 33.3 Å². The molecule has 7 heteroatoms. The first-order valence-corrected chi connectivity index (χ1v) is 7.86. The molecule has 0 unspecified atom stereocenters. The summed E-state index contributed by atoms with van der Waals surface area (Å²) in [6, 6.07) is 11.9. The van der Waals surface area contributed by atoms with Crippen LogP contribution in [0.1, 0.15) is 5.56 Å². The highest BCUT2D eigenvalue weighted by atomic mass is 35.5. The number of benzene rings is 2. The molecular formula is C17H14Cl2N4O. The van der Waals surface area contributed by atoms with Gasteiger partial charge in [-0.15, -0.1) is 0 Å². The average Bonchev–Trinajstić information content (AvgIpc) is 2.54. The number of halogens is 2. The maximum atomic E-state index is 10.2. The molecule has 0 aliphatic rings. The lowest BCUT2D eigenvalue weighted by Gasteiger charge is -2.13. The van der Waals surface area contributed by atoms with E-state index in [2.05, 4.69) is 9.97 Å². The molecule has 0 saturated heterocycles. The highest BCUT2D eigenvalue weighted by molar-refractivity contribution is 6.31. The van der Waals surface area contributed by atoms with Crippen LogP contribution in [0.15, 0.2) is 42.5 Å². The normalized spacial score (nSPS) is 10.8. The van der Waals surface area contributed by atoms with Crippen molar-refractivity contribution < 1.29 is 5.11 Å². The predicted octanol–water partition coefficient (Wildman–Crippen LogP) is 3.86. The van der Waals surface area contributed by atoms with Gasteiger partial charge in [0.1, 0.15) is 11.6 Å². The van der Waals surface area contributed by atoms with Gasteiger partial charge in [0.25, 0.3) is 0 Å². The van der Waals surface area contributed by atoms with Gasteiger partial charge in [-0.05, 0) is 30.3 Å². The minimum Gasteiger partial charge on any atom is -0.507 e. The Balaban J connectivity index is 2.24. The SMILES string of the molecule is NCc1c(N)nc(-c2cccc(Cl)c2)nc1-c1ccc(Cl)cc1O.